The lowest BCUT2D eigenvalue weighted by Gasteiger charge is -2.59. The lowest BCUT2D eigenvalue weighted by atomic mass is 9.60. The second-order valence-corrected chi connectivity index (χ2v) is 10.6. The minimum atomic E-state index is -0.803. The summed E-state index contributed by atoms with van der Waals surface area (Å²) in [5.41, 5.74) is 1.54. The van der Waals surface area contributed by atoms with Gasteiger partial charge in [0.05, 0.1) is 11.4 Å². The Kier molecular flexibility index (Phi) is 8.56. The molecule has 3 N–H and O–H groups in total. The summed E-state index contributed by atoms with van der Waals surface area (Å²) in [7, 11) is 0. The Labute approximate surface area is 225 Å². The third-order valence-electron chi connectivity index (χ3n) is 6.80. The van der Waals surface area contributed by atoms with Crippen molar-refractivity contribution in [2.75, 3.05) is 19.6 Å². The van der Waals surface area contributed by atoms with Gasteiger partial charge in [-0.2, -0.15) is 0 Å². The van der Waals surface area contributed by atoms with Crippen LogP contribution in [0, 0.1) is 5.41 Å². The summed E-state index contributed by atoms with van der Waals surface area (Å²) in [6.45, 7) is 3.96. The fraction of sp³-hybridized carbons (Fsp3) is 0.462. The van der Waals surface area contributed by atoms with Gasteiger partial charge in [0.25, 0.3) is 11.8 Å². The highest BCUT2D eigenvalue weighted by atomic mass is 35.5. The molecule has 9 nitrogen and oxygen atoms in total. The van der Waals surface area contributed by atoms with Gasteiger partial charge >= 0.3 is 5.97 Å². The van der Waals surface area contributed by atoms with E-state index in [1.807, 2.05) is 17.9 Å². The number of hydrogen-bond donors (Lipinski definition) is 3. The van der Waals surface area contributed by atoms with Gasteiger partial charge in [-0.05, 0) is 43.0 Å². The first kappa shape index (κ1) is 27.2. The van der Waals surface area contributed by atoms with Crippen LogP contribution in [0.4, 0.5) is 0 Å². The Morgan fingerprint density at radius 2 is 2.00 bits per heavy atom. The Hall–Kier alpha value is -2.88. The van der Waals surface area contributed by atoms with E-state index >= 15 is 0 Å². The lowest BCUT2D eigenvalue weighted by molar-refractivity contribution is -0.137. The number of carboxylic acids is 1. The van der Waals surface area contributed by atoms with Crippen molar-refractivity contribution in [3.05, 3.63) is 57.7 Å². The standard InChI is InChI=1S/C26H30Cl2N4O5/c1-2-21(37-24-20(28)9-18(27)13-31-24)23(35)30-12-16-4-3-5-17(8-16)25(36)32-14-26(15-32)10-19(11-26)29-7-6-22(33)34/h3-5,8-9,13,19,21,29H,2,6-7,10-12,14-15H2,1H3,(H,30,35)(H,33,34). The zero-order valence-corrected chi connectivity index (χ0v) is 22.0. The molecule has 4 rings (SSSR count). The summed E-state index contributed by atoms with van der Waals surface area (Å²) >= 11 is 12.0. The number of nitrogens with zero attached hydrogens (tertiary/aromatic N) is 2. The summed E-state index contributed by atoms with van der Waals surface area (Å²) in [6, 6.07) is 9.06. The quantitative estimate of drug-likeness (QED) is 0.392. The molecule has 2 fully saturated rings. The highest BCUT2D eigenvalue weighted by Gasteiger charge is 2.53. The molecule has 37 heavy (non-hydrogen) atoms. The average molecular weight is 549 g/mol. The maximum Gasteiger partial charge on any atom is 0.304 e. The van der Waals surface area contributed by atoms with Crippen LogP contribution in [0.15, 0.2) is 36.5 Å². The number of likely N-dealkylation sites (tertiary alicyclic amines) is 1. The number of nitrogens with one attached hydrogen (secondary N) is 2. The highest BCUT2D eigenvalue weighted by molar-refractivity contribution is 6.35. The molecule has 2 amide bonds. The molecule has 198 valence electrons. The van der Waals surface area contributed by atoms with E-state index in [1.165, 1.54) is 12.3 Å². The van der Waals surface area contributed by atoms with Gasteiger partial charge in [0.1, 0.15) is 5.02 Å². The molecule has 1 saturated carbocycles. The van der Waals surface area contributed by atoms with Crippen molar-refractivity contribution in [2.45, 2.75) is 51.3 Å². The monoisotopic (exact) mass is 548 g/mol. The van der Waals surface area contributed by atoms with Gasteiger partial charge in [0.2, 0.25) is 5.88 Å². The van der Waals surface area contributed by atoms with Crippen molar-refractivity contribution in [1.29, 1.82) is 0 Å². The molecule has 1 aromatic heterocycles. The number of carbonyl (C=O) groups is 3. The zero-order chi connectivity index (χ0) is 26.6. The molecule has 11 heteroatoms. The number of amides is 2. The highest BCUT2D eigenvalue weighted by Crippen LogP contribution is 2.48. The number of carbonyl (C=O) groups excluding carboxylic acids is 2. The van der Waals surface area contributed by atoms with Gasteiger partial charge < -0.3 is 25.4 Å². The zero-order valence-electron chi connectivity index (χ0n) is 20.5. The number of aromatic nitrogens is 1. The van der Waals surface area contributed by atoms with Crippen LogP contribution in [0.5, 0.6) is 5.88 Å². The predicted octanol–water partition coefficient (Wildman–Crippen LogP) is 3.53. The number of benzene rings is 1. The minimum absolute atomic E-state index is 0.0284. The molecule has 1 atom stereocenters. The molecule has 1 aromatic carbocycles. The second kappa shape index (κ2) is 11.7. The molecule has 0 bridgehead atoms. The van der Waals surface area contributed by atoms with Crippen LogP contribution < -0.4 is 15.4 Å². The lowest BCUT2D eigenvalue weighted by Crippen LogP contribution is -2.67. The smallest absolute Gasteiger partial charge is 0.304 e. The maximum atomic E-state index is 13.0. The van der Waals surface area contributed by atoms with Crippen LogP contribution in [-0.2, 0) is 16.1 Å². The number of ether oxygens (including phenoxy) is 1. The van der Waals surface area contributed by atoms with E-state index in [-0.39, 0.29) is 41.1 Å². The third kappa shape index (κ3) is 6.71. The Bertz CT molecular complexity index is 1160. The van der Waals surface area contributed by atoms with Crippen molar-refractivity contribution < 1.29 is 24.2 Å². The predicted molar refractivity (Wildman–Crippen MR) is 139 cm³/mol. The summed E-state index contributed by atoms with van der Waals surface area (Å²) in [6.07, 6.45) is 3.07. The second-order valence-electron chi connectivity index (χ2n) is 9.74. The molecular formula is C26H30Cl2N4O5. The van der Waals surface area contributed by atoms with Gasteiger partial charge in [0, 0.05) is 49.4 Å². The Morgan fingerprint density at radius 3 is 2.68 bits per heavy atom. The van der Waals surface area contributed by atoms with Gasteiger partial charge in [-0.1, -0.05) is 42.3 Å². The van der Waals surface area contributed by atoms with E-state index in [0.29, 0.717) is 42.7 Å². The van der Waals surface area contributed by atoms with Crippen molar-refractivity contribution in [3.63, 3.8) is 0 Å². The molecule has 1 aliphatic heterocycles. The molecule has 1 saturated heterocycles. The van der Waals surface area contributed by atoms with Crippen LogP contribution in [-0.4, -0.2) is 64.6 Å². The number of aliphatic carboxylic acids is 1. The summed E-state index contributed by atoms with van der Waals surface area (Å²) in [5, 5.41) is 15.5. The fourth-order valence-corrected chi connectivity index (χ4v) is 5.35. The topological polar surface area (TPSA) is 121 Å². The number of carboxylic acid groups (broad SMARTS) is 1. The first-order valence-electron chi connectivity index (χ1n) is 12.3. The average Bonchev–Trinajstić information content (AvgIpc) is 2.82. The molecule has 1 aliphatic carbocycles. The SMILES string of the molecule is CCC(Oc1ncc(Cl)cc1Cl)C(=O)NCc1cccc(C(=O)N2CC3(CC(NCCC(=O)O)C3)C2)c1. The van der Waals surface area contributed by atoms with Crippen LogP contribution >= 0.6 is 23.2 Å². The molecule has 0 radical (unpaired) electrons. The van der Waals surface area contributed by atoms with E-state index in [9.17, 15) is 14.4 Å². The number of hydrogen-bond acceptors (Lipinski definition) is 6. The maximum absolute atomic E-state index is 13.0. The fourth-order valence-electron chi connectivity index (χ4n) is 4.92. The molecule has 2 aliphatic rings. The van der Waals surface area contributed by atoms with Crippen molar-refractivity contribution >= 4 is 41.0 Å². The van der Waals surface area contributed by atoms with Crippen LogP contribution in [0.25, 0.3) is 0 Å². The summed E-state index contributed by atoms with van der Waals surface area (Å²) in [4.78, 5) is 42.2. The van der Waals surface area contributed by atoms with Crippen LogP contribution in [0.1, 0.15) is 48.5 Å². The normalized spacial score (nSPS) is 17.0. The van der Waals surface area contributed by atoms with Crippen molar-refractivity contribution in [3.8, 4) is 5.88 Å². The molecule has 2 heterocycles. The Morgan fingerprint density at radius 1 is 1.24 bits per heavy atom. The van der Waals surface area contributed by atoms with E-state index in [0.717, 1.165) is 18.4 Å². The van der Waals surface area contributed by atoms with Gasteiger partial charge in [0.15, 0.2) is 6.10 Å². The van der Waals surface area contributed by atoms with Gasteiger partial charge in [-0.15, -0.1) is 0 Å². The van der Waals surface area contributed by atoms with Crippen molar-refractivity contribution in [1.82, 2.24) is 20.5 Å². The minimum Gasteiger partial charge on any atom is -0.481 e. The first-order valence-corrected chi connectivity index (χ1v) is 13.0. The number of pyridine rings is 1. The van der Waals surface area contributed by atoms with Gasteiger partial charge in [-0.3, -0.25) is 14.4 Å². The van der Waals surface area contributed by atoms with E-state index < -0.39 is 12.1 Å². The molecule has 2 aromatic rings. The van der Waals surface area contributed by atoms with Gasteiger partial charge in [-0.25, -0.2) is 4.98 Å². The van der Waals surface area contributed by atoms with E-state index in [2.05, 4.69) is 15.6 Å². The Balaban J connectivity index is 1.24. The largest absolute Gasteiger partial charge is 0.481 e. The van der Waals surface area contributed by atoms with E-state index in [1.54, 1.807) is 18.2 Å². The summed E-state index contributed by atoms with van der Waals surface area (Å²) < 4.78 is 5.69. The molecule has 1 spiro atoms. The third-order valence-corrected chi connectivity index (χ3v) is 7.28. The van der Waals surface area contributed by atoms with Crippen molar-refractivity contribution in [2.24, 2.45) is 5.41 Å². The molecular weight excluding hydrogens is 519 g/mol. The molecule has 1 unspecified atom stereocenters. The first-order chi connectivity index (χ1) is 17.7. The van der Waals surface area contributed by atoms with Crippen LogP contribution in [0.3, 0.4) is 0 Å². The number of halogens is 2. The van der Waals surface area contributed by atoms with Crippen LogP contribution in [0.2, 0.25) is 10.0 Å². The number of rotatable bonds is 11. The van der Waals surface area contributed by atoms with E-state index in [4.69, 9.17) is 33.0 Å². The summed E-state index contributed by atoms with van der Waals surface area (Å²) in [5.74, 6) is -1.00.